The van der Waals surface area contributed by atoms with Crippen molar-refractivity contribution < 1.29 is 4.42 Å². The molecule has 0 radical (unpaired) electrons. The minimum absolute atomic E-state index is 0.140. The van der Waals surface area contributed by atoms with Crippen molar-refractivity contribution in [1.29, 1.82) is 0 Å². The second-order valence-electron chi connectivity index (χ2n) is 10.2. The first-order valence-electron chi connectivity index (χ1n) is 13.7. The van der Waals surface area contributed by atoms with Gasteiger partial charge in [-0.1, -0.05) is 109 Å². The topological polar surface area (TPSA) is 51.8 Å². The Balaban J connectivity index is 1.24. The van der Waals surface area contributed by atoms with E-state index in [4.69, 9.17) is 21.0 Å². The number of halogens is 1. The molecule has 0 spiro atoms. The van der Waals surface area contributed by atoms with Gasteiger partial charge >= 0.3 is 0 Å². The van der Waals surface area contributed by atoms with Gasteiger partial charge < -0.3 is 4.42 Å². The van der Waals surface area contributed by atoms with E-state index in [0.717, 1.165) is 44.2 Å². The Bertz CT molecular complexity index is 2270. The van der Waals surface area contributed by atoms with E-state index >= 15 is 0 Å². The summed E-state index contributed by atoms with van der Waals surface area (Å²) >= 11 is 6.47. The highest BCUT2D eigenvalue weighted by Gasteiger charge is 2.15. The van der Waals surface area contributed by atoms with Crippen LogP contribution in [0, 0.1) is 0 Å². The predicted octanol–water partition coefficient (Wildman–Crippen LogP) is 10.2. The minimum atomic E-state index is 0.140. The van der Waals surface area contributed by atoms with Gasteiger partial charge in [0, 0.05) is 21.9 Å². The van der Waals surface area contributed by atoms with Crippen LogP contribution in [0.1, 0.15) is 0 Å². The molecule has 0 saturated carbocycles. The quantitative estimate of drug-likeness (QED) is 0.215. The Morgan fingerprint density at radius 2 is 1.07 bits per heavy atom. The summed E-state index contributed by atoms with van der Waals surface area (Å²) < 4.78 is 6.10. The fraction of sp³-hybridized carbons (Fsp3) is 0. The highest BCUT2D eigenvalue weighted by atomic mass is 35.5. The summed E-state index contributed by atoms with van der Waals surface area (Å²) in [5.74, 6) is 1.01. The molecule has 0 aliphatic rings. The van der Waals surface area contributed by atoms with Crippen LogP contribution in [0.5, 0.6) is 0 Å². The van der Waals surface area contributed by atoms with Crippen molar-refractivity contribution in [2.45, 2.75) is 0 Å². The van der Waals surface area contributed by atoms with Crippen LogP contribution in [0.25, 0.3) is 77.7 Å². The smallest absolute Gasteiger partial charge is 0.226 e. The normalized spacial score (nSPS) is 11.5. The second-order valence-corrected chi connectivity index (χ2v) is 10.6. The van der Waals surface area contributed by atoms with E-state index < -0.39 is 0 Å². The molecule has 0 atom stereocenters. The molecular weight excluding hydrogens is 538 g/mol. The first-order valence-corrected chi connectivity index (χ1v) is 14.1. The van der Waals surface area contributed by atoms with E-state index in [9.17, 15) is 0 Å². The molecule has 42 heavy (non-hydrogen) atoms. The van der Waals surface area contributed by atoms with Gasteiger partial charge in [-0.25, -0.2) is 4.98 Å². The van der Waals surface area contributed by atoms with E-state index in [1.54, 1.807) is 0 Å². The Hall–Kier alpha value is -5.32. The van der Waals surface area contributed by atoms with Crippen molar-refractivity contribution in [1.82, 2.24) is 15.0 Å². The van der Waals surface area contributed by atoms with Gasteiger partial charge in [0.25, 0.3) is 0 Å². The zero-order valence-electron chi connectivity index (χ0n) is 22.3. The average molecular weight is 560 g/mol. The first-order chi connectivity index (χ1) is 20.7. The van der Waals surface area contributed by atoms with Gasteiger partial charge in [-0.2, -0.15) is 9.97 Å². The molecule has 5 heteroatoms. The molecule has 0 N–H and O–H groups in total. The minimum Gasteiger partial charge on any atom is -0.456 e. The highest BCUT2D eigenvalue weighted by Crippen LogP contribution is 2.38. The van der Waals surface area contributed by atoms with Crippen LogP contribution in [0.3, 0.4) is 0 Å². The summed E-state index contributed by atoms with van der Waals surface area (Å²) in [6.45, 7) is 0. The molecule has 0 amide bonds. The molecule has 4 nitrogen and oxygen atoms in total. The zero-order valence-corrected chi connectivity index (χ0v) is 23.1. The number of fused-ring (bicyclic) bond motifs is 4. The standard InChI is InChI=1S/C37H22ClN3O/c38-37-40-35(39-36(41-37)27-19-20-31-30-15-4-5-18-32(30)42-33(31)22-27)26-14-6-13-25(21-26)29-17-8-12-24-11-7-16-28(34(24)29)23-9-2-1-3-10-23/h1-22H. The molecular formula is C37H22ClN3O. The van der Waals surface area contributed by atoms with Gasteiger partial charge in [-0.15, -0.1) is 0 Å². The maximum atomic E-state index is 6.47. The fourth-order valence-electron chi connectivity index (χ4n) is 5.74. The Morgan fingerprint density at radius 3 is 1.88 bits per heavy atom. The van der Waals surface area contributed by atoms with Crippen LogP contribution < -0.4 is 0 Å². The number of benzene rings is 6. The largest absolute Gasteiger partial charge is 0.456 e. The predicted molar refractivity (Wildman–Crippen MR) is 171 cm³/mol. The fourth-order valence-corrected chi connectivity index (χ4v) is 5.90. The molecule has 0 aliphatic carbocycles. The van der Waals surface area contributed by atoms with E-state index in [1.807, 2.05) is 54.6 Å². The van der Waals surface area contributed by atoms with Gasteiger partial charge in [0.2, 0.25) is 5.28 Å². The SMILES string of the molecule is Clc1nc(-c2cccc(-c3cccc4cccc(-c5ccccc5)c34)c2)nc(-c2ccc3c(c2)oc2ccccc23)n1. The van der Waals surface area contributed by atoms with Crippen molar-refractivity contribution in [2.75, 3.05) is 0 Å². The lowest BCUT2D eigenvalue weighted by Crippen LogP contribution is -1.97. The lowest BCUT2D eigenvalue weighted by atomic mass is 9.91. The summed E-state index contributed by atoms with van der Waals surface area (Å²) in [4.78, 5) is 13.8. The molecule has 2 heterocycles. The van der Waals surface area contributed by atoms with Gasteiger partial charge in [-0.05, 0) is 68.9 Å². The molecule has 198 valence electrons. The van der Waals surface area contributed by atoms with Crippen LogP contribution in [0.4, 0.5) is 0 Å². The Labute approximate surface area is 246 Å². The molecule has 6 aromatic carbocycles. The third kappa shape index (κ3) is 4.21. The molecule has 0 saturated heterocycles. The van der Waals surface area contributed by atoms with E-state index in [1.165, 1.54) is 21.9 Å². The van der Waals surface area contributed by atoms with Crippen LogP contribution in [-0.4, -0.2) is 15.0 Å². The molecule has 0 unspecified atom stereocenters. The number of para-hydroxylation sites is 1. The van der Waals surface area contributed by atoms with Gasteiger partial charge in [0.1, 0.15) is 11.2 Å². The lowest BCUT2D eigenvalue weighted by molar-refractivity contribution is 0.669. The van der Waals surface area contributed by atoms with E-state index in [2.05, 4.69) is 88.8 Å². The number of hydrogen-bond donors (Lipinski definition) is 0. The number of nitrogens with zero attached hydrogens (tertiary/aromatic N) is 3. The molecule has 2 aromatic heterocycles. The average Bonchev–Trinajstić information content (AvgIpc) is 3.42. The summed E-state index contributed by atoms with van der Waals surface area (Å²) in [6.07, 6.45) is 0. The van der Waals surface area contributed by atoms with Gasteiger partial charge in [0.05, 0.1) is 0 Å². The summed E-state index contributed by atoms with van der Waals surface area (Å²) in [7, 11) is 0. The molecule has 0 fully saturated rings. The van der Waals surface area contributed by atoms with Crippen LogP contribution in [0.2, 0.25) is 5.28 Å². The molecule has 0 aliphatic heterocycles. The molecule has 8 aromatic rings. The van der Waals surface area contributed by atoms with Crippen LogP contribution in [0.15, 0.2) is 138 Å². The first kappa shape index (κ1) is 24.5. The highest BCUT2D eigenvalue weighted by molar-refractivity contribution is 6.28. The summed E-state index contributed by atoms with van der Waals surface area (Å²) in [5, 5.41) is 4.66. The number of furan rings is 1. The van der Waals surface area contributed by atoms with E-state index in [-0.39, 0.29) is 5.28 Å². The Kier molecular flexibility index (Phi) is 5.80. The van der Waals surface area contributed by atoms with E-state index in [0.29, 0.717) is 11.6 Å². The number of aromatic nitrogens is 3. The number of rotatable bonds is 4. The lowest BCUT2D eigenvalue weighted by Gasteiger charge is -2.13. The van der Waals surface area contributed by atoms with Gasteiger partial charge in [0.15, 0.2) is 11.6 Å². The maximum Gasteiger partial charge on any atom is 0.226 e. The summed E-state index contributed by atoms with van der Waals surface area (Å²) in [6, 6.07) is 45.7. The zero-order chi connectivity index (χ0) is 28.0. The van der Waals surface area contributed by atoms with Crippen molar-refractivity contribution in [3.63, 3.8) is 0 Å². The maximum absolute atomic E-state index is 6.47. The van der Waals surface area contributed by atoms with Crippen molar-refractivity contribution in [3.05, 3.63) is 139 Å². The van der Waals surface area contributed by atoms with Gasteiger partial charge in [-0.3, -0.25) is 0 Å². The number of hydrogen-bond acceptors (Lipinski definition) is 4. The van der Waals surface area contributed by atoms with Crippen molar-refractivity contribution >= 4 is 44.3 Å². The monoisotopic (exact) mass is 559 g/mol. The molecule has 0 bridgehead atoms. The Morgan fingerprint density at radius 1 is 0.452 bits per heavy atom. The second kappa shape index (κ2) is 9.95. The third-order valence-corrected chi connectivity index (χ3v) is 7.84. The van der Waals surface area contributed by atoms with Crippen molar-refractivity contribution in [2.24, 2.45) is 0 Å². The summed E-state index contributed by atoms with van der Waals surface area (Å²) in [5.41, 5.74) is 7.89. The van der Waals surface area contributed by atoms with Crippen LogP contribution in [-0.2, 0) is 0 Å². The van der Waals surface area contributed by atoms with Crippen LogP contribution >= 0.6 is 11.6 Å². The molecule has 8 rings (SSSR count). The third-order valence-electron chi connectivity index (χ3n) is 7.67. The van der Waals surface area contributed by atoms with Crippen molar-refractivity contribution in [3.8, 4) is 45.0 Å².